The zero-order valence-electron chi connectivity index (χ0n) is 12.4. The summed E-state index contributed by atoms with van der Waals surface area (Å²) in [7, 11) is 0. The fourth-order valence-electron chi connectivity index (χ4n) is 2.52. The highest BCUT2D eigenvalue weighted by Crippen LogP contribution is 2.25. The number of pyridine rings is 1. The molecule has 0 aliphatic rings. The van der Waals surface area contributed by atoms with Gasteiger partial charge in [-0.15, -0.1) is 0 Å². The molecule has 23 heavy (non-hydrogen) atoms. The summed E-state index contributed by atoms with van der Waals surface area (Å²) in [6.45, 7) is 2.62. The SMILES string of the molecule is CC(NCCn1c(=O)oc2cccnc21)c1c(F)cccc1Cl. The molecule has 1 atom stereocenters. The van der Waals surface area contributed by atoms with E-state index in [4.69, 9.17) is 16.0 Å². The van der Waals surface area contributed by atoms with E-state index in [1.807, 2.05) is 6.92 Å². The molecule has 3 rings (SSSR count). The van der Waals surface area contributed by atoms with E-state index in [0.717, 1.165) is 0 Å². The average molecular weight is 336 g/mol. The van der Waals surface area contributed by atoms with Crippen molar-refractivity contribution < 1.29 is 8.81 Å². The third-order valence-corrected chi connectivity index (χ3v) is 3.97. The van der Waals surface area contributed by atoms with Crippen LogP contribution >= 0.6 is 11.6 Å². The Labute approximate surface area is 136 Å². The van der Waals surface area contributed by atoms with E-state index in [0.29, 0.717) is 34.9 Å². The lowest BCUT2D eigenvalue weighted by Crippen LogP contribution is -2.27. The number of halogens is 2. The van der Waals surface area contributed by atoms with E-state index in [1.54, 1.807) is 30.5 Å². The fraction of sp³-hybridized carbons (Fsp3) is 0.250. The van der Waals surface area contributed by atoms with Crippen LogP contribution in [0.3, 0.4) is 0 Å². The van der Waals surface area contributed by atoms with Crippen LogP contribution < -0.4 is 11.1 Å². The third kappa shape index (κ3) is 3.13. The van der Waals surface area contributed by atoms with Gasteiger partial charge in [-0.2, -0.15) is 0 Å². The maximum atomic E-state index is 13.9. The van der Waals surface area contributed by atoms with Crippen LogP contribution in [0.4, 0.5) is 4.39 Å². The molecular formula is C16H15ClFN3O2. The summed E-state index contributed by atoms with van der Waals surface area (Å²) in [5.41, 5.74) is 1.36. The van der Waals surface area contributed by atoms with Crippen molar-refractivity contribution in [2.75, 3.05) is 6.54 Å². The Kier molecular flexibility index (Phi) is 4.45. The first-order valence-corrected chi connectivity index (χ1v) is 7.57. The van der Waals surface area contributed by atoms with Crippen LogP contribution in [0.25, 0.3) is 11.2 Å². The van der Waals surface area contributed by atoms with Gasteiger partial charge in [0, 0.05) is 35.9 Å². The summed E-state index contributed by atoms with van der Waals surface area (Å²) >= 11 is 6.05. The van der Waals surface area contributed by atoms with Gasteiger partial charge in [-0.1, -0.05) is 17.7 Å². The van der Waals surface area contributed by atoms with Crippen molar-refractivity contribution in [2.24, 2.45) is 0 Å². The molecule has 0 radical (unpaired) electrons. The monoisotopic (exact) mass is 335 g/mol. The summed E-state index contributed by atoms with van der Waals surface area (Å²) < 4.78 is 20.4. The lowest BCUT2D eigenvalue weighted by Gasteiger charge is -2.16. The number of oxazole rings is 1. The molecule has 0 bridgehead atoms. The highest BCUT2D eigenvalue weighted by Gasteiger charge is 2.15. The van der Waals surface area contributed by atoms with E-state index in [1.165, 1.54) is 10.6 Å². The van der Waals surface area contributed by atoms with Crippen LogP contribution in [0.5, 0.6) is 0 Å². The van der Waals surface area contributed by atoms with Crippen LogP contribution in [-0.2, 0) is 6.54 Å². The molecular weight excluding hydrogens is 321 g/mol. The number of hydrogen-bond acceptors (Lipinski definition) is 4. The molecule has 1 aromatic carbocycles. The molecule has 1 unspecified atom stereocenters. The van der Waals surface area contributed by atoms with Crippen LogP contribution in [0.1, 0.15) is 18.5 Å². The number of nitrogens with one attached hydrogen (secondary N) is 1. The van der Waals surface area contributed by atoms with Gasteiger partial charge in [0.2, 0.25) is 0 Å². The van der Waals surface area contributed by atoms with Crippen molar-refractivity contribution in [1.29, 1.82) is 0 Å². The average Bonchev–Trinajstić information content (AvgIpc) is 2.83. The summed E-state index contributed by atoms with van der Waals surface area (Å²) in [6, 6.07) is 7.70. The quantitative estimate of drug-likeness (QED) is 0.778. The second kappa shape index (κ2) is 6.52. The van der Waals surface area contributed by atoms with Gasteiger partial charge in [0.15, 0.2) is 11.2 Å². The van der Waals surface area contributed by atoms with Crippen molar-refractivity contribution in [2.45, 2.75) is 19.5 Å². The minimum Gasteiger partial charge on any atom is -0.406 e. The van der Waals surface area contributed by atoms with Gasteiger partial charge in [-0.05, 0) is 31.2 Å². The van der Waals surface area contributed by atoms with E-state index in [9.17, 15) is 9.18 Å². The molecule has 7 heteroatoms. The number of aromatic nitrogens is 2. The predicted molar refractivity (Wildman–Crippen MR) is 86.1 cm³/mol. The van der Waals surface area contributed by atoms with Gasteiger partial charge in [0.05, 0.1) is 0 Å². The summed E-state index contributed by atoms with van der Waals surface area (Å²) in [5.74, 6) is -0.817. The van der Waals surface area contributed by atoms with E-state index < -0.39 is 5.76 Å². The van der Waals surface area contributed by atoms with Gasteiger partial charge in [0.25, 0.3) is 0 Å². The van der Waals surface area contributed by atoms with E-state index >= 15 is 0 Å². The maximum absolute atomic E-state index is 13.9. The molecule has 5 nitrogen and oxygen atoms in total. The second-order valence-corrected chi connectivity index (χ2v) is 5.56. The zero-order chi connectivity index (χ0) is 16.4. The first-order valence-electron chi connectivity index (χ1n) is 7.19. The van der Waals surface area contributed by atoms with Crippen molar-refractivity contribution in [3.8, 4) is 0 Å². The van der Waals surface area contributed by atoms with Crippen LogP contribution in [0, 0.1) is 5.82 Å². The number of hydrogen-bond donors (Lipinski definition) is 1. The summed E-state index contributed by atoms with van der Waals surface area (Å²) in [6.07, 6.45) is 1.60. The van der Waals surface area contributed by atoms with Gasteiger partial charge >= 0.3 is 5.76 Å². The summed E-state index contributed by atoms with van der Waals surface area (Å²) in [5, 5.41) is 3.53. The molecule has 1 N–H and O–H groups in total. The lowest BCUT2D eigenvalue weighted by molar-refractivity contribution is 0.471. The molecule has 0 amide bonds. The smallest absolute Gasteiger partial charge is 0.406 e. The van der Waals surface area contributed by atoms with Gasteiger partial charge in [0.1, 0.15) is 5.82 Å². The van der Waals surface area contributed by atoms with Crippen molar-refractivity contribution in [3.05, 3.63) is 63.5 Å². The first-order chi connectivity index (χ1) is 11.1. The molecule has 0 aliphatic heterocycles. The Morgan fingerprint density at radius 2 is 2.22 bits per heavy atom. The first kappa shape index (κ1) is 15.7. The molecule has 0 fully saturated rings. The van der Waals surface area contributed by atoms with Gasteiger partial charge in [-0.25, -0.2) is 14.2 Å². The van der Waals surface area contributed by atoms with Crippen LogP contribution in [0.15, 0.2) is 45.7 Å². The minimum absolute atomic E-state index is 0.287. The lowest BCUT2D eigenvalue weighted by atomic mass is 10.1. The Bertz CT molecular complexity index is 870. The normalized spacial score (nSPS) is 12.7. The minimum atomic E-state index is -0.461. The Morgan fingerprint density at radius 1 is 1.39 bits per heavy atom. The highest BCUT2D eigenvalue weighted by molar-refractivity contribution is 6.31. The van der Waals surface area contributed by atoms with Crippen molar-refractivity contribution >= 4 is 22.8 Å². The zero-order valence-corrected chi connectivity index (χ0v) is 13.2. The fourth-order valence-corrected chi connectivity index (χ4v) is 2.84. The van der Waals surface area contributed by atoms with Gasteiger partial charge in [-0.3, -0.25) is 4.57 Å². The van der Waals surface area contributed by atoms with Crippen LogP contribution in [-0.4, -0.2) is 16.1 Å². The second-order valence-electron chi connectivity index (χ2n) is 5.16. The van der Waals surface area contributed by atoms with E-state index in [-0.39, 0.29) is 11.9 Å². The van der Waals surface area contributed by atoms with Crippen molar-refractivity contribution in [1.82, 2.24) is 14.9 Å². The largest absolute Gasteiger partial charge is 0.421 e. The molecule has 2 aromatic heterocycles. The molecule has 0 aliphatic carbocycles. The maximum Gasteiger partial charge on any atom is 0.421 e. The Morgan fingerprint density at radius 3 is 3.00 bits per heavy atom. The standard InChI is InChI=1S/C16H15ClFN3O2/c1-10(14-11(17)4-2-5-12(14)18)19-8-9-21-15-13(23-16(21)22)6-3-7-20-15/h2-7,10,19H,8-9H2,1H3. The topological polar surface area (TPSA) is 60.1 Å². The third-order valence-electron chi connectivity index (χ3n) is 3.64. The Hall–Kier alpha value is -2.18. The number of rotatable bonds is 5. The Balaban J connectivity index is 1.72. The number of benzene rings is 1. The molecule has 0 spiro atoms. The van der Waals surface area contributed by atoms with Crippen molar-refractivity contribution in [3.63, 3.8) is 0 Å². The molecule has 0 saturated carbocycles. The number of fused-ring (bicyclic) bond motifs is 1. The molecule has 0 saturated heterocycles. The predicted octanol–water partition coefficient (Wildman–Crippen LogP) is 3.13. The highest BCUT2D eigenvalue weighted by atomic mass is 35.5. The summed E-state index contributed by atoms with van der Waals surface area (Å²) in [4.78, 5) is 16.0. The van der Waals surface area contributed by atoms with Gasteiger partial charge < -0.3 is 9.73 Å². The number of nitrogens with zero attached hydrogens (tertiary/aromatic N) is 2. The molecule has 3 aromatic rings. The molecule has 120 valence electrons. The molecule has 2 heterocycles. The van der Waals surface area contributed by atoms with E-state index in [2.05, 4.69) is 10.3 Å². The van der Waals surface area contributed by atoms with Crippen LogP contribution in [0.2, 0.25) is 5.02 Å².